The van der Waals surface area contributed by atoms with Crippen LogP contribution >= 0.6 is 0 Å². The number of aromatic hydroxyl groups is 1. The molecular formula is C11H14F2O. The van der Waals surface area contributed by atoms with Crippen LogP contribution in [0.15, 0.2) is 12.1 Å². The summed E-state index contributed by atoms with van der Waals surface area (Å²) in [7, 11) is 0. The Labute approximate surface area is 82.4 Å². The van der Waals surface area contributed by atoms with Crippen LogP contribution in [0.4, 0.5) is 8.78 Å². The van der Waals surface area contributed by atoms with Crippen LogP contribution in [-0.4, -0.2) is 5.11 Å². The fraction of sp³-hybridized carbons (Fsp3) is 0.455. The number of halogens is 2. The molecule has 0 saturated carbocycles. The minimum absolute atomic E-state index is 0.603. The molecule has 0 saturated heterocycles. The summed E-state index contributed by atoms with van der Waals surface area (Å²) in [6.07, 6.45) is 3.69. The number of unbranched alkanes of at least 4 members (excludes halogenated alkanes) is 2. The lowest BCUT2D eigenvalue weighted by molar-refractivity contribution is 0.395. The molecule has 0 aliphatic rings. The van der Waals surface area contributed by atoms with E-state index in [4.69, 9.17) is 5.11 Å². The van der Waals surface area contributed by atoms with Crippen LogP contribution in [0.2, 0.25) is 0 Å². The maximum absolute atomic E-state index is 12.9. The Balaban J connectivity index is 2.69. The molecule has 0 atom stereocenters. The minimum atomic E-state index is -0.885. The van der Waals surface area contributed by atoms with Crippen LogP contribution in [0.3, 0.4) is 0 Å². The summed E-state index contributed by atoms with van der Waals surface area (Å²) in [6, 6.07) is 2.38. The van der Waals surface area contributed by atoms with Gasteiger partial charge in [-0.25, -0.2) is 8.78 Å². The summed E-state index contributed by atoms with van der Waals surface area (Å²) in [6.45, 7) is 2.07. The van der Waals surface area contributed by atoms with Crippen molar-refractivity contribution in [2.45, 2.75) is 32.6 Å². The van der Waals surface area contributed by atoms with Gasteiger partial charge in [0.05, 0.1) is 0 Å². The van der Waals surface area contributed by atoms with Gasteiger partial charge in [-0.05, 0) is 30.5 Å². The Hall–Kier alpha value is -1.12. The highest BCUT2D eigenvalue weighted by molar-refractivity contribution is 5.30. The van der Waals surface area contributed by atoms with Crippen molar-refractivity contribution in [1.82, 2.24) is 0 Å². The van der Waals surface area contributed by atoms with E-state index >= 15 is 0 Å². The van der Waals surface area contributed by atoms with Crippen molar-refractivity contribution in [3.63, 3.8) is 0 Å². The molecule has 3 heteroatoms. The molecule has 1 nitrogen and oxygen atoms in total. The molecule has 0 amide bonds. The van der Waals surface area contributed by atoms with Crippen LogP contribution in [0.5, 0.6) is 5.75 Å². The normalized spacial score (nSPS) is 10.5. The Kier molecular flexibility index (Phi) is 3.86. The standard InChI is InChI=1S/C11H14F2O/c1-2-3-4-5-8-6-9(12)11(14)10(13)7-8/h6-7,14H,2-5H2,1H3. The maximum Gasteiger partial charge on any atom is 0.187 e. The predicted molar refractivity (Wildman–Crippen MR) is 51.3 cm³/mol. The van der Waals surface area contributed by atoms with Crippen molar-refractivity contribution >= 4 is 0 Å². The molecule has 0 spiro atoms. The zero-order chi connectivity index (χ0) is 10.6. The minimum Gasteiger partial charge on any atom is -0.503 e. The van der Waals surface area contributed by atoms with E-state index in [-0.39, 0.29) is 0 Å². The molecule has 78 valence electrons. The summed E-state index contributed by atoms with van der Waals surface area (Å²) in [5.74, 6) is -2.64. The van der Waals surface area contributed by atoms with E-state index < -0.39 is 17.4 Å². The van der Waals surface area contributed by atoms with E-state index in [1.165, 1.54) is 12.1 Å². The molecule has 1 N–H and O–H groups in total. The van der Waals surface area contributed by atoms with Gasteiger partial charge in [0.2, 0.25) is 0 Å². The van der Waals surface area contributed by atoms with Gasteiger partial charge in [0.25, 0.3) is 0 Å². The van der Waals surface area contributed by atoms with Crippen molar-refractivity contribution in [3.05, 3.63) is 29.3 Å². The highest BCUT2D eigenvalue weighted by Crippen LogP contribution is 2.22. The zero-order valence-electron chi connectivity index (χ0n) is 8.19. The highest BCUT2D eigenvalue weighted by atomic mass is 19.1. The first kappa shape index (κ1) is 11.0. The van der Waals surface area contributed by atoms with E-state index in [1.54, 1.807) is 0 Å². The molecule has 0 aromatic heterocycles. The van der Waals surface area contributed by atoms with Gasteiger partial charge in [0, 0.05) is 0 Å². The summed E-state index contributed by atoms with van der Waals surface area (Å²) in [5, 5.41) is 8.85. The average molecular weight is 200 g/mol. The van der Waals surface area contributed by atoms with Crippen molar-refractivity contribution in [3.8, 4) is 5.75 Å². The third kappa shape index (κ3) is 2.69. The first-order valence-corrected chi connectivity index (χ1v) is 4.82. The molecule has 0 aliphatic carbocycles. The van der Waals surface area contributed by atoms with Crippen LogP contribution in [-0.2, 0) is 6.42 Å². The lowest BCUT2D eigenvalue weighted by atomic mass is 10.1. The second-order valence-corrected chi connectivity index (χ2v) is 3.37. The number of hydrogen-bond acceptors (Lipinski definition) is 1. The van der Waals surface area contributed by atoms with Gasteiger partial charge >= 0.3 is 0 Å². The molecule has 0 aliphatic heterocycles. The van der Waals surface area contributed by atoms with Crippen LogP contribution < -0.4 is 0 Å². The fourth-order valence-corrected chi connectivity index (χ4v) is 1.34. The molecule has 0 radical (unpaired) electrons. The second-order valence-electron chi connectivity index (χ2n) is 3.37. The van der Waals surface area contributed by atoms with Crippen LogP contribution in [0.1, 0.15) is 31.7 Å². The number of aryl methyl sites for hydroxylation is 1. The molecule has 0 fully saturated rings. The van der Waals surface area contributed by atoms with Crippen LogP contribution in [0, 0.1) is 11.6 Å². The molecule has 0 bridgehead atoms. The van der Waals surface area contributed by atoms with E-state index in [9.17, 15) is 8.78 Å². The first-order chi connectivity index (χ1) is 6.65. The van der Waals surface area contributed by atoms with Crippen LogP contribution in [0.25, 0.3) is 0 Å². The highest BCUT2D eigenvalue weighted by Gasteiger charge is 2.08. The summed E-state index contributed by atoms with van der Waals surface area (Å²) < 4.78 is 25.7. The molecule has 14 heavy (non-hydrogen) atoms. The number of phenolic OH excluding ortho intramolecular Hbond substituents is 1. The lowest BCUT2D eigenvalue weighted by Crippen LogP contribution is -1.90. The average Bonchev–Trinajstić information content (AvgIpc) is 2.14. The fourth-order valence-electron chi connectivity index (χ4n) is 1.34. The SMILES string of the molecule is CCCCCc1cc(F)c(O)c(F)c1. The largest absolute Gasteiger partial charge is 0.503 e. The molecule has 0 unspecified atom stereocenters. The first-order valence-electron chi connectivity index (χ1n) is 4.82. The van der Waals surface area contributed by atoms with Gasteiger partial charge in [-0.2, -0.15) is 0 Å². The maximum atomic E-state index is 12.9. The van der Waals surface area contributed by atoms with Gasteiger partial charge in [0.15, 0.2) is 17.4 Å². The quantitative estimate of drug-likeness (QED) is 0.738. The predicted octanol–water partition coefficient (Wildman–Crippen LogP) is 3.40. The Morgan fingerprint density at radius 1 is 1.14 bits per heavy atom. The molecule has 0 heterocycles. The van der Waals surface area contributed by atoms with Gasteiger partial charge in [0.1, 0.15) is 0 Å². The van der Waals surface area contributed by atoms with Crippen molar-refractivity contribution < 1.29 is 13.9 Å². The Morgan fingerprint density at radius 3 is 2.21 bits per heavy atom. The van der Waals surface area contributed by atoms with Gasteiger partial charge in [-0.15, -0.1) is 0 Å². The van der Waals surface area contributed by atoms with E-state index in [0.29, 0.717) is 12.0 Å². The smallest absolute Gasteiger partial charge is 0.187 e. The number of phenols is 1. The lowest BCUT2D eigenvalue weighted by Gasteiger charge is -2.03. The van der Waals surface area contributed by atoms with Gasteiger partial charge in [-0.3, -0.25) is 0 Å². The molecular weight excluding hydrogens is 186 g/mol. The monoisotopic (exact) mass is 200 g/mol. The molecule has 1 aromatic rings. The topological polar surface area (TPSA) is 20.2 Å². The Bertz CT molecular complexity index is 287. The molecule has 1 rings (SSSR count). The van der Waals surface area contributed by atoms with E-state index in [0.717, 1.165) is 19.3 Å². The van der Waals surface area contributed by atoms with E-state index in [2.05, 4.69) is 6.92 Å². The van der Waals surface area contributed by atoms with Crippen molar-refractivity contribution in [1.29, 1.82) is 0 Å². The number of benzene rings is 1. The zero-order valence-corrected chi connectivity index (χ0v) is 8.19. The van der Waals surface area contributed by atoms with E-state index in [1.807, 2.05) is 0 Å². The molecule has 1 aromatic carbocycles. The summed E-state index contributed by atoms with van der Waals surface area (Å²) in [4.78, 5) is 0. The number of hydrogen-bond donors (Lipinski definition) is 1. The third-order valence-corrected chi connectivity index (χ3v) is 2.15. The van der Waals surface area contributed by atoms with Crippen molar-refractivity contribution in [2.24, 2.45) is 0 Å². The third-order valence-electron chi connectivity index (χ3n) is 2.15. The van der Waals surface area contributed by atoms with Crippen molar-refractivity contribution in [2.75, 3.05) is 0 Å². The summed E-state index contributed by atoms with van der Waals surface area (Å²) >= 11 is 0. The van der Waals surface area contributed by atoms with Gasteiger partial charge < -0.3 is 5.11 Å². The second kappa shape index (κ2) is 4.94. The Morgan fingerprint density at radius 2 is 1.71 bits per heavy atom. The number of rotatable bonds is 4. The summed E-state index contributed by atoms with van der Waals surface area (Å²) in [5.41, 5.74) is 0.603. The van der Waals surface area contributed by atoms with Gasteiger partial charge in [-0.1, -0.05) is 19.8 Å².